The molecule has 0 saturated heterocycles. The number of aliphatic carboxylic acids is 1. The van der Waals surface area contributed by atoms with E-state index in [2.05, 4.69) is 4.72 Å². The average molecular weight is 419 g/mol. The van der Waals surface area contributed by atoms with Crippen LogP contribution in [0.15, 0.2) is 47.4 Å². The van der Waals surface area contributed by atoms with Crippen LogP contribution in [0.1, 0.15) is 38.3 Å². The quantitative estimate of drug-likeness (QED) is 0.601. The van der Waals surface area contributed by atoms with E-state index in [1.807, 2.05) is 0 Å². The van der Waals surface area contributed by atoms with Crippen LogP contribution < -0.4 is 4.72 Å². The van der Waals surface area contributed by atoms with E-state index < -0.39 is 27.8 Å². The average Bonchev–Trinajstić information content (AvgIpc) is 2.68. The summed E-state index contributed by atoms with van der Waals surface area (Å²) in [5.74, 6) is -1.62. The topological polar surface area (TPSA) is 118 Å². The first-order chi connectivity index (χ1) is 13.3. The molecule has 1 aliphatic rings. The van der Waals surface area contributed by atoms with Gasteiger partial charge in [0.15, 0.2) is 11.6 Å². The van der Waals surface area contributed by atoms with E-state index in [-0.39, 0.29) is 39.4 Å². The second kappa shape index (κ2) is 7.86. The lowest BCUT2D eigenvalue weighted by Gasteiger charge is -2.19. The third-order valence-electron chi connectivity index (χ3n) is 4.41. The van der Waals surface area contributed by atoms with Gasteiger partial charge in [0, 0.05) is 22.3 Å². The van der Waals surface area contributed by atoms with Gasteiger partial charge in [-0.15, -0.1) is 0 Å². The Kier molecular flexibility index (Phi) is 5.69. The predicted octanol–water partition coefficient (Wildman–Crippen LogP) is 1.95. The minimum atomic E-state index is -4.19. The summed E-state index contributed by atoms with van der Waals surface area (Å²) in [5.41, 5.74) is 0.602. The molecule has 0 amide bonds. The van der Waals surface area contributed by atoms with Gasteiger partial charge in [-0.05, 0) is 36.6 Å². The molecule has 0 heterocycles. The van der Waals surface area contributed by atoms with Crippen molar-refractivity contribution in [3.05, 3.63) is 64.7 Å². The summed E-state index contributed by atoms with van der Waals surface area (Å²) >= 11 is 1.40. The van der Waals surface area contributed by atoms with Crippen molar-refractivity contribution in [2.75, 3.05) is 12.0 Å². The molecule has 7 nitrogen and oxygen atoms in total. The molecule has 1 aliphatic carbocycles. The van der Waals surface area contributed by atoms with Crippen molar-refractivity contribution < 1.29 is 27.9 Å². The summed E-state index contributed by atoms with van der Waals surface area (Å²) in [6.07, 6.45) is 1.91. The van der Waals surface area contributed by atoms with Crippen LogP contribution in [0.3, 0.4) is 0 Å². The summed E-state index contributed by atoms with van der Waals surface area (Å²) in [4.78, 5) is 36.4. The normalized spacial score (nSPS) is 14.3. The van der Waals surface area contributed by atoms with Crippen molar-refractivity contribution in [2.45, 2.75) is 17.4 Å². The second-order valence-corrected chi connectivity index (χ2v) is 8.90. The number of benzene rings is 2. The number of hydrogen-bond donors (Lipinski definition) is 2. The smallest absolute Gasteiger partial charge is 0.321 e. The minimum absolute atomic E-state index is 0.0115. The number of fused-ring (bicyclic) bond motifs is 2. The zero-order chi connectivity index (χ0) is 20.5. The Morgan fingerprint density at radius 1 is 1.04 bits per heavy atom. The molecule has 0 spiro atoms. The van der Waals surface area contributed by atoms with Crippen molar-refractivity contribution in [3.63, 3.8) is 0 Å². The van der Waals surface area contributed by atoms with E-state index in [0.717, 1.165) is 6.07 Å². The number of ketones is 2. The summed E-state index contributed by atoms with van der Waals surface area (Å²) in [7, 11) is -4.19. The first-order valence-corrected chi connectivity index (χ1v) is 11.2. The Balaban J connectivity index is 1.98. The van der Waals surface area contributed by atoms with Gasteiger partial charge in [-0.1, -0.05) is 24.3 Å². The van der Waals surface area contributed by atoms with Gasteiger partial charge in [-0.3, -0.25) is 14.4 Å². The third kappa shape index (κ3) is 3.73. The van der Waals surface area contributed by atoms with Crippen LogP contribution in [0.4, 0.5) is 0 Å². The predicted molar refractivity (Wildman–Crippen MR) is 104 cm³/mol. The molecule has 9 heteroatoms. The Hall–Kier alpha value is -2.49. The summed E-state index contributed by atoms with van der Waals surface area (Å²) in [5, 5.41) is 9.25. The number of thioether (sulfide) groups is 1. The van der Waals surface area contributed by atoms with Crippen LogP contribution >= 0.6 is 11.8 Å². The fraction of sp³-hybridized carbons (Fsp3) is 0.211. The maximum atomic E-state index is 12.7. The molecular weight excluding hydrogens is 402 g/mol. The van der Waals surface area contributed by atoms with Gasteiger partial charge in [0.05, 0.1) is 4.90 Å². The maximum absolute atomic E-state index is 12.7. The number of hydrogen-bond acceptors (Lipinski definition) is 6. The van der Waals surface area contributed by atoms with Crippen LogP contribution in [-0.2, 0) is 14.8 Å². The lowest BCUT2D eigenvalue weighted by molar-refractivity contribution is -0.139. The molecule has 0 aliphatic heterocycles. The number of sulfonamides is 1. The van der Waals surface area contributed by atoms with Crippen LogP contribution in [0.5, 0.6) is 0 Å². The highest BCUT2D eigenvalue weighted by molar-refractivity contribution is 7.98. The van der Waals surface area contributed by atoms with E-state index in [1.54, 1.807) is 24.5 Å². The van der Waals surface area contributed by atoms with Crippen molar-refractivity contribution >= 4 is 39.3 Å². The summed E-state index contributed by atoms with van der Waals surface area (Å²) < 4.78 is 27.5. The highest BCUT2D eigenvalue weighted by Crippen LogP contribution is 2.29. The molecule has 2 aromatic rings. The first-order valence-electron chi connectivity index (χ1n) is 8.33. The van der Waals surface area contributed by atoms with Crippen molar-refractivity contribution in [2.24, 2.45) is 0 Å². The number of carbonyl (C=O) groups excluding carboxylic acids is 2. The summed E-state index contributed by atoms with van der Waals surface area (Å²) in [6, 6.07) is 8.67. The van der Waals surface area contributed by atoms with Crippen LogP contribution in [0.25, 0.3) is 0 Å². The Labute approximate surface area is 166 Å². The van der Waals surface area contributed by atoms with Gasteiger partial charge >= 0.3 is 5.97 Å². The molecular formula is C19H17NO6S2. The number of nitrogens with one attached hydrogen (secondary N) is 1. The van der Waals surface area contributed by atoms with Crippen LogP contribution in [0, 0.1) is 0 Å². The molecule has 146 valence electrons. The van der Waals surface area contributed by atoms with Gasteiger partial charge in [-0.2, -0.15) is 16.5 Å². The molecule has 1 unspecified atom stereocenters. The second-order valence-electron chi connectivity index (χ2n) is 6.20. The van der Waals surface area contributed by atoms with E-state index in [9.17, 15) is 27.9 Å². The van der Waals surface area contributed by atoms with Crippen molar-refractivity contribution in [3.8, 4) is 0 Å². The lowest BCUT2D eigenvalue weighted by Crippen LogP contribution is -2.41. The number of carboxylic acid groups (broad SMARTS) is 1. The largest absolute Gasteiger partial charge is 0.480 e. The molecule has 3 rings (SSSR count). The summed E-state index contributed by atoms with van der Waals surface area (Å²) in [6.45, 7) is 0. The standard InChI is InChI=1S/C19H17NO6S2/c1-27-9-8-16(19(23)24)20-28(25,26)11-6-7-14-15(10-11)18(22)13-5-3-2-4-12(13)17(14)21/h2-7,10,16,20H,8-9H2,1H3,(H,23,24). The SMILES string of the molecule is CSCCC(NS(=O)(=O)c1ccc2c(c1)C(=O)c1ccccc1C2=O)C(=O)O. The molecule has 0 bridgehead atoms. The molecule has 0 saturated carbocycles. The van der Waals surface area contributed by atoms with Crippen LogP contribution in [0.2, 0.25) is 0 Å². The molecule has 0 fully saturated rings. The zero-order valence-corrected chi connectivity index (χ0v) is 16.5. The third-order valence-corrected chi connectivity index (χ3v) is 6.53. The Bertz CT molecular complexity index is 1080. The van der Waals surface area contributed by atoms with Gasteiger partial charge in [0.2, 0.25) is 10.0 Å². The molecule has 0 radical (unpaired) electrons. The van der Waals surface area contributed by atoms with E-state index in [4.69, 9.17) is 0 Å². The highest BCUT2D eigenvalue weighted by atomic mass is 32.2. The first kappa shape index (κ1) is 20.2. The van der Waals surface area contributed by atoms with Crippen molar-refractivity contribution in [1.82, 2.24) is 4.72 Å². The number of carboxylic acids is 1. The Morgan fingerprint density at radius 3 is 2.18 bits per heavy atom. The van der Waals surface area contributed by atoms with E-state index in [1.165, 1.54) is 30.0 Å². The highest BCUT2D eigenvalue weighted by Gasteiger charge is 2.32. The van der Waals surface area contributed by atoms with E-state index in [0.29, 0.717) is 5.75 Å². The molecule has 2 N–H and O–H groups in total. The fourth-order valence-electron chi connectivity index (χ4n) is 2.97. The van der Waals surface area contributed by atoms with Gasteiger partial charge in [0.25, 0.3) is 0 Å². The van der Waals surface area contributed by atoms with Crippen LogP contribution in [-0.4, -0.2) is 49.1 Å². The van der Waals surface area contributed by atoms with Gasteiger partial charge in [-0.25, -0.2) is 8.42 Å². The molecule has 1 atom stereocenters. The lowest BCUT2D eigenvalue weighted by atomic mass is 9.84. The fourth-order valence-corrected chi connectivity index (χ4v) is 4.69. The number of carbonyl (C=O) groups is 3. The van der Waals surface area contributed by atoms with Gasteiger partial charge < -0.3 is 5.11 Å². The molecule has 28 heavy (non-hydrogen) atoms. The van der Waals surface area contributed by atoms with Gasteiger partial charge in [0.1, 0.15) is 6.04 Å². The van der Waals surface area contributed by atoms with E-state index >= 15 is 0 Å². The Morgan fingerprint density at radius 2 is 1.61 bits per heavy atom. The maximum Gasteiger partial charge on any atom is 0.321 e. The monoisotopic (exact) mass is 419 g/mol. The molecule has 2 aromatic carbocycles. The number of rotatable bonds is 7. The van der Waals surface area contributed by atoms with Crippen molar-refractivity contribution in [1.29, 1.82) is 0 Å². The molecule has 0 aromatic heterocycles. The zero-order valence-electron chi connectivity index (χ0n) is 14.8. The minimum Gasteiger partial charge on any atom is -0.480 e.